The molecule has 4 unspecified atom stereocenters. The van der Waals surface area contributed by atoms with Gasteiger partial charge in [0.15, 0.2) is 0 Å². The normalized spacial score (nSPS) is 39.6. The minimum absolute atomic E-state index is 0.0305. The number of nitrogens with two attached hydrogens (primary N) is 1. The van der Waals surface area contributed by atoms with Gasteiger partial charge in [0.1, 0.15) is 0 Å². The van der Waals surface area contributed by atoms with Crippen LogP contribution in [0.2, 0.25) is 0 Å². The topological polar surface area (TPSA) is 38.9 Å². The van der Waals surface area contributed by atoms with Crippen LogP contribution in [-0.2, 0) is 6.42 Å². The van der Waals surface area contributed by atoms with Crippen molar-refractivity contribution in [2.45, 2.75) is 57.4 Å². The zero-order valence-electron chi connectivity index (χ0n) is 11.5. The van der Waals surface area contributed by atoms with Crippen LogP contribution in [0.4, 0.5) is 0 Å². The Hall–Kier alpha value is -0.890. The van der Waals surface area contributed by atoms with Crippen LogP contribution in [0.1, 0.15) is 56.7 Å². The van der Waals surface area contributed by atoms with Crippen molar-refractivity contribution in [3.8, 4) is 0 Å². The fourth-order valence-corrected chi connectivity index (χ4v) is 4.16. The Balaban J connectivity index is 1.95. The molecule has 0 aliphatic heterocycles. The summed E-state index contributed by atoms with van der Waals surface area (Å²) in [5.41, 5.74) is 9.56. The highest BCUT2D eigenvalue weighted by Gasteiger charge is 2.47. The van der Waals surface area contributed by atoms with E-state index in [1.807, 2.05) is 6.20 Å². The summed E-state index contributed by atoms with van der Waals surface area (Å²) in [7, 11) is 0. The van der Waals surface area contributed by atoms with Crippen LogP contribution in [0.3, 0.4) is 0 Å². The third-order valence-electron chi connectivity index (χ3n) is 5.58. The van der Waals surface area contributed by atoms with E-state index in [0.29, 0.717) is 11.8 Å². The molecule has 2 N–H and O–H groups in total. The molecule has 0 bridgehead atoms. The average molecular weight is 244 g/mol. The quantitative estimate of drug-likeness (QED) is 0.823. The van der Waals surface area contributed by atoms with Crippen molar-refractivity contribution in [3.05, 3.63) is 29.6 Å². The fourth-order valence-electron chi connectivity index (χ4n) is 4.16. The SMILES string of the molecule is CC1CCCC(N)(C2CCc3cccnc32)C1C. The first-order valence-corrected chi connectivity index (χ1v) is 7.35. The van der Waals surface area contributed by atoms with Gasteiger partial charge >= 0.3 is 0 Å². The molecule has 4 atom stereocenters. The Morgan fingerprint density at radius 2 is 2.17 bits per heavy atom. The van der Waals surface area contributed by atoms with Crippen LogP contribution in [-0.4, -0.2) is 10.5 Å². The van der Waals surface area contributed by atoms with Gasteiger partial charge in [-0.05, 0) is 42.7 Å². The highest BCUT2D eigenvalue weighted by molar-refractivity contribution is 5.32. The Morgan fingerprint density at radius 3 is 3.00 bits per heavy atom. The molecule has 98 valence electrons. The van der Waals surface area contributed by atoms with E-state index in [4.69, 9.17) is 5.73 Å². The van der Waals surface area contributed by atoms with Gasteiger partial charge in [0, 0.05) is 23.3 Å². The molecule has 3 rings (SSSR count). The Labute approximate surface area is 110 Å². The smallest absolute Gasteiger partial charge is 0.0484 e. The maximum Gasteiger partial charge on any atom is 0.0484 e. The summed E-state index contributed by atoms with van der Waals surface area (Å²) in [4.78, 5) is 4.64. The van der Waals surface area contributed by atoms with Crippen LogP contribution < -0.4 is 5.73 Å². The van der Waals surface area contributed by atoms with Crippen molar-refractivity contribution < 1.29 is 0 Å². The molecule has 2 nitrogen and oxygen atoms in total. The molecule has 0 aromatic carbocycles. The van der Waals surface area contributed by atoms with Crippen molar-refractivity contribution >= 4 is 0 Å². The number of hydrogen-bond donors (Lipinski definition) is 1. The molecule has 1 aromatic rings. The first-order chi connectivity index (χ1) is 8.63. The zero-order valence-corrected chi connectivity index (χ0v) is 11.5. The first kappa shape index (κ1) is 12.2. The van der Waals surface area contributed by atoms with E-state index in [2.05, 4.69) is 31.0 Å². The molecule has 2 aliphatic carbocycles. The molecule has 0 saturated heterocycles. The van der Waals surface area contributed by atoms with E-state index in [-0.39, 0.29) is 5.54 Å². The number of pyridine rings is 1. The summed E-state index contributed by atoms with van der Waals surface area (Å²) in [6, 6.07) is 4.28. The van der Waals surface area contributed by atoms with Crippen molar-refractivity contribution in [1.29, 1.82) is 0 Å². The van der Waals surface area contributed by atoms with E-state index in [1.165, 1.54) is 36.9 Å². The highest BCUT2D eigenvalue weighted by atomic mass is 14.8. The molecule has 1 aromatic heterocycles. The van der Waals surface area contributed by atoms with Gasteiger partial charge in [-0.15, -0.1) is 0 Å². The third-order valence-corrected chi connectivity index (χ3v) is 5.58. The highest BCUT2D eigenvalue weighted by Crippen LogP contribution is 2.48. The monoisotopic (exact) mass is 244 g/mol. The van der Waals surface area contributed by atoms with E-state index >= 15 is 0 Å². The van der Waals surface area contributed by atoms with E-state index in [0.717, 1.165) is 12.3 Å². The largest absolute Gasteiger partial charge is 0.324 e. The number of hydrogen-bond acceptors (Lipinski definition) is 2. The summed E-state index contributed by atoms with van der Waals surface area (Å²) in [5, 5.41) is 0. The molecule has 0 spiro atoms. The number of fused-ring (bicyclic) bond motifs is 1. The molecule has 0 radical (unpaired) electrons. The summed E-state index contributed by atoms with van der Waals surface area (Å²) in [5.74, 6) is 1.83. The van der Waals surface area contributed by atoms with Gasteiger partial charge in [-0.3, -0.25) is 4.98 Å². The van der Waals surface area contributed by atoms with E-state index < -0.39 is 0 Å². The van der Waals surface area contributed by atoms with Crippen LogP contribution in [0.15, 0.2) is 18.3 Å². The summed E-state index contributed by atoms with van der Waals surface area (Å²) in [6.45, 7) is 4.71. The summed E-state index contributed by atoms with van der Waals surface area (Å²) >= 11 is 0. The van der Waals surface area contributed by atoms with Gasteiger partial charge in [-0.25, -0.2) is 0 Å². The Bertz CT molecular complexity index is 442. The zero-order chi connectivity index (χ0) is 12.8. The Kier molecular flexibility index (Phi) is 2.93. The lowest BCUT2D eigenvalue weighted by Crippen LogP contribution is -2.54. The number of rotatable bonds is 1. The maximum absolute atomic E-state index is 6.87. The molecular formula is C16H24N2. The van der Waals surface area contributed by atoms with Crippen molar-refractivity contribution in [1.82, 2.24) is 4.98 Å². The van der Waals surface area contributed by atoms with Gasteiger partial charge in [-0.1, -0.05) is 32.8 Å². The molecule has 18 heavy (non-hydrogen) atoms. The lowest BCUT2D eigenvalue weighted by Gasteiger charge is -2.47. The molecule has 1 heterocycles. The molecular weight excluding hydrogens is 220 g/mol. The molecule has 1 saturated carbocycles. The molecule has 2 heteroatoms. The van der Waals surface area contributed by atoms with Crippen molar-refractivity contribution in [2.75, 3.05) is 0 Å². The summed E-state index contributed by atoms with van der Waals surface area (Å²) < 4.78 is 0. The number of aromatic nitrogens is 1. The lowest BCUT2D eigenvalue weighted by atomic mass is 9.62. The molecule has 0 amide bonds. The van der Waals surface area contributed by atoms with Crippen LogP contribution in [0.25, 0.3) is 0 Å². The fraction of sp³-hybridized carbons (Fsp3) is 0.688. The average Bonchev–Trinajstić information content (AvgIpc) is 2.80. The first-order valence-electron chi connectivity index (χ1n) is 7.35. The standard InChI is InChI=1S/C16H24N2/c1-11-5-3-9-16(17,12(11)2)14-8-7-13-6-4-10-18-15(13)14/h4,6,10-12,14H,3,5,7-9,17H2,1-2H3. The predicted octanol–water partition coefficient (Wildman–Crippen LogP) is 3.27. The second-order valence-corrected chi connectivity index (χ2v) is 6.41. The third kappa shape index (κ3) is 1.70. The van der Waals surface area contributed by atoms with Gasteiger partial charge < -0.3 is 5.73 Å². The number of nitrogens with zero attached hydrogens (tertiary/aromatic N) is 1. The summed E-state index contributed by atoms with van der Waals surface area (Å²) in [6.07, 6.45) is 8.06. The Morgan fingerprint density at radius 1 is 1.33 bits per heavy atom. The molecule has 1 fully saturated rings. The molecule has 2 aliphatic rings. The van der Waals surface area contributed by atoms with Crippen LogP contribution >= 0.6 is 0 Å². The minimum atomic E-state index is -0.0305. The van der Waals surface area contributed by atoms with Crippen molar-refractivity contribution in [3.63, 3.8) is 0 Å². The number of aryl methyl sites for hydroxylation is 1. The van der Waals surface area contributed by atoms with Crippen LogP contribution in [0.5, 0.6) is 0 Å². The minimum Gasteiger partial charge on any atom is -0.324 e. The van der Waals surface area contributed by atoms with Gasteiger partial charge in [0.25, 0.3) is 0 Å². The van der Waals surface area contributed by atoms with Crippen LogP contribution in [0, 0.1) is 11.8 Å². The van der Waals surface area contributed by atoms with Gasteiger partial charge in [0.2, 0.25) is 0 Å². The second kappa shape index (κ2) is 4.34. The maximum atomic E-state index is 6.87. The second-order valence-electron chi connectivity index (χ2n) is 6.41. The van der Waals surface area contributed by atoms with Gasteiger partial charge in [-0.2, -0.15) is 0 Å². The van der Waals surface area contributed by atoms with E-state index in [1.54, 1.807) is 0 Å². The predicted molar refractivity (Wildman–Crippen MR) is 74.4 cm³/mol. The van der Waals surface area contributed by atoms with Crippen molar-refractivity contribution in [2.24, 2.45) is 17.6 Å². The lowest BCUT2D eigenvalue weighted by molar-refractivity contribution is 0.114. The van der Waals surface area contributed by atoms with E-state index in [9.17, 15) is 0 Å². The van der Waals surface area contributed by atoms with Gasteiger partial charge in [0.05, 0.1) is 0 Å².